The van der Waals surface area contributed by atoms with E-state index in [1.807, 2.05) is 26.0 Å². The van der Waals surface area contributed by atoms with Crippen molar-refractivity contribution in [1.82, 2.24) is 0 Å². The van der Waals surface area contributed by atoms with Gasteiger partial charge >= 0.3 is 0 Å². The lowest BCUT2D eigenvalue weighted by atomic mass is 9.74. The smallest absolute Gasteiger partial charge is 0.250 e. The molecule has 0 spiro atoms. The summed E-state index contributed by atoms with van der Waals surface area (Å²) >= 11 is 1.72. The van der Waals surface area contributed by atoms with Gasteiger partial charge in [0.05, 0.1) is 4.88 Å². The molecule has 2 N–H and O–H groups in total. The Hall–Kier alpha value is -1.98. The molecule has 5 heteroatoms. The second-order valence-electron chi connectivity index (χ2n) is 9.24. The molecule has 1 aromatic heterocycles. The maximum Gasteiger partial charge on any atom is 0.250 e. The van der Waals surface area contributed by atoms with Crippen molar-refractivity contribution in [2.75, 3.05) is 11.9 Å². The third kappa shape index (κ3) is 4.84. The third-order valence-corrected chi connectivity index (χ3v) is 7.58. The van der Waals surface area contributed by atoms with Crippen LogP contribution in [0.15, 0.2) is 12.1 Å². The van der Waals surface area contributed by atoms with Crippen LogP contribution in [0.3, 0.4) is 0 Å². The number of aliphatic hydroxyl groups excluding tert-OH is 1. The molecule has 0 saturated carbocycles. The lowest BCUT2D eigenvalue weighted by molar-refractivity contribution is -0.118. The predicted molar refractivity (Wildman–Crippen MR) is 124 cm³/mol. The van der Waals surface area contributed by atoms with E-state index in [0.29, 0.717) is 18.3 Å². The molecule has 1 amide bonds. The Morgan fingerprint density at radius 1 is 1.17 bits per heavy atom. The number of aryl methyl sites for hydroxylation is 4. The maximum atomic E-state index is 13.1. The van der Waals surface area contributed by atoms with Gasteiger partial charge in [0.1, 0.15) is 6.61 Å². The van der Waals surface area contributed by atoms with E-state index in [2.05, 4.69) is 26.1 Å². The predicted octanol–water partition coefficient (Wildman–Crippen LogP) is 5.19. The minimum Gasteiger partial charge on any atom is -0.387 e. The van der Waals surface area contributed by atoms with Gasteiger partial charge in [-0.05, 0) is 79.2 Å². The molecular formula is C25H33NO3S. The number of aliphatic hydroxyl groups is 1. The maximum absolute atomic E-state index is 13.1. The van der Waals surface area contributed by atoms with Crippen LogP contribution in [0.5, 0.6) is 0 Å². The van der Waals surface area contributed by atoms with Gasteiger partial charge in [0.25, 0.3) is 0 Å². The first-order valence-electron chi connectivity index (χ1n) is 10.8. The van der Waals surface area contributed by atoms with E-state index in [0.717, 1.165) is 52.9 Å². The van der Waals surface area contributed by atoms with E-state index in [4.69, 9.17) is 5.11 Å². The van der Waals surface area contributed by atoms with Crippen LogP contribution < -0.4 is 5.32 Å². The number of nitrogens with one attached hydrogen (secondary N) is 1. The van der Waals surface area contributed by atoms with Crippen LogP contribution in [0.1, 0.15) is 76.0 Å². The van der Waals surface area contributed by atoms with E-state index in [9.17, 15) is 9.59 Å². The fraction of sp³-hybridized carbons (Fsp3) is 0.520. The van der Waals surface area contributed by atoms with E-state index in [1.54, 1.807) is 11.3 Å². The number of anilines is 1. The average Bonchev–Trinajstić information content (AvgIpc) is 3.05. The molecule has 0 atom stereocenters. The third-order valence-electron chi connectivity index (χ3n) is 6.12. The topological polar surface area (TPSA) is 66.4 Å². The molecule has 1 heterocycles. The molecule has 30 heavy (non-hydrogen) atoms. The summed E-state index contributed by atoms with van der Waals surface area (Å²) in [5.41, 5.74) is 6.81. The average molecular weight is 428 g/mol. The highest BCUT2D eigenvalue weighted by atomic mass is 32.1. The minimum absolute atomic E-state index is 0.253. The van der Waals surface area contributed by atoms with Gasteiger partial charge in [-0.25, -0.2) is 0 Å². The van der Waals surface area contributed by atoms with Gasteiger partial charge in [-0.15, -0.1) is 11.3 Å². The van der Waals surface area contributed by atoms with Crippen molar-refractivity contribution in [2.24, 2.45) is 5.41 Å². The summed E-state index contributed by atoms with van der Waals surface area (Å²) in [5, 5.41) is 11.7. The zero-order chi connectivity index (χ0) is 22.1. The Labute approximate surface area is 183 Å². The van der Waals surface area contributed by atoms with Crippen LogP contribution in [0.4, 0.5) is 5.69 Å². The molecule has 0 aliphatic heterocycles. The van der Waals surface area contributed by atoms with Gasteiger partial charge in [-0.3, -0.25) is 9.59 Å². The number of ketones is 1. The van der Waals surface area contributed by atoms with Crippen LogP contribution in [-0.4, -0.2) is 23.4 Å². The summed E-state index contributed by atoms with van der Waals surface area (Å²) in [6, 6.07) is 4.05. The zero-order valence-electron chi connectivity index (χ0n) is 18.8. The highest BCUT2D eigenvalue weighted by molar-refractivity contribution is 7.14. The van der Waals surface area contributed by atoms with Crippen molar-refractivity contribution in [3.8, 4) is 0 Å². The Bertz CT molecular complexity index is 948. The van der Waals surface area contributed by atoms with Crippen molar-refractivity contribution in [3.63, 3.8) is 0 Å². The summed E-state index contributed by atoms with van der Waals surface area (Å²) in [6.45, 7) is 10.2. The van der Waals surface area contributed by atoms with Crippen molar-refractivity contribution < 1.29 is 14.7 Å². The number of carbonyl (C=O) groups excluding carboxylic acids is 2. The highest BCUT2D eigenvalue weighted by Crippen LogP contribution is 2.42. The summed E-state index contributed by atoms with van der Waals surface area (Å²) in [5.74, 6) is -0.162. The number of Topliss-reactive ketones (excluding diaryl/α,β-unsaturated/α-hetero) is 1. The van der Waals surface area contributed by atoms with Crippen LogP contribution in [0.25, 0.3) is 0 Å². The Morgan fingerprint density at radius 2 is 1.83 bits per heavy atom. The highest BCUT2D eigenvalue weighted by Gasteiger charge is 2.31. The Kier molecular flexibility index (Phi) is 6.83. The van der Waals surface area contributed by atoms with Crippen molar-refractivity contribution in [1.29, 1.82) is 0 Å². The molecule has 1 aliphatic rings. The number of amides is 1. The normalized spacial score (nSPS) is 15.0. The second-order valence-corrected chi connectivity index (χ2v) is 10.3. The molecule has 0 unspecified atom stereocenters. The van der Waals surface area contributed by atoms with Gasteiger partial charge in [0, 0.05) is 17.0 Å². The summed E-state index contributed by atoms with van der Waals surface area (Å²) in [6.07, 6.45) is 5.41. The van der Waals surface area contributed by atoms with E-state index in [1.165, 1.54) is 16.0 Å². The molecule has 0 fully saturated rings. The zero-order valence-corrected chi connectivity index (χ0v) is 19.6. The molecule has 162 valence electrons. The van der Waals surface area contributed by atoms with Crippen molar-refractivity contribution in [3.05, 3.63) is 49.7 Å². The lowest BCUT2D eigenvalue weighted by Gasteiger charge is -2.30. The SMILES string of the molecule is CCc1sc(C(=O)CCc2cc(C)c(NC(=O)CO)c(C)c2)c2c1CC(C)(C)CC2. The monoisotopic (exact) mass is 427 g/mol. The second kappa shape index (κ2) is 9.03. The van der Waals surface area contributed by atoms with Gasteiger partial charge in [-0.2, -0.15) is 0 Å². The fourth-order valence-corrected chi connectivity index (χ4v) is 5.78. The number of hydrogen-bond acceptors (Lipinski definition) is 4. The number of carbonyl (C=O) groups is 2. The quantitative estimate of drug-likeness (QED) is 0.598. The minimum atomic E-state index is -0.531. The molecule has 4 nitrogen and oxygen atoms in total. The first kappa shape index (κ1) is 22.7. The molecule has 1 aliphatic carbocycles. The van der Waals surface area contributed by atoms with Gasteiger partial charge in [0.15, 0.2) is 5.78 Å². The van der Waals surface area contributed by atoms with Crippen LogP contribution in [0.2, 0.25) is 0 Å². The van der Waals surface area contributed by atoms with Crippen LogP contribution in [0, 0.1) is 19.3 Å². The van der Waals surface area contributed by atoms with Crippen molar-refractivity contribution in [2.45, 2.75) is 73.1 Å². The molecule has 0 radical (unpaired) electrons. The molecule has 3 rings (SSSR count). The molecular weight excluding hydrogens is 394 g/mol. The first-order valence-corrected chi connectivity index (χ1v) is 11.6. The Balaban J connectivity index is 1.75. The first-order chi connectivity index (χ1) is 14.1. The molecule has 1 aromatic carbocycles. The van der Waals surface area contributed by atoms with Gasteiger partial charge < -0.3 is 10.4 Å². The largest absolute Gasteiger partial charge is 0.387 e. The van der Waals surface area contributed by atoms with E-state index >= 15 is 0 Å². The number of hydrogen-bond donors (Lipinski definition) is 2. The van der Waals surface area contributed by atoms with Crippen LogP contribution in [-0.2, 0) is 30.5 Å². The Morgan fingerprint density at radius 3 is 2.43 bits per heavy atom. The number of thiophene rings is 1. The van der Waals surface area contributed by atoms with Crippen molar-refractivity contribution >= 4 is 28.7 Å². The number of benzene rings is 1. The molecule has 0 saturated heterocycles. The van der Waals surface area contributed by atoms with Crippen LogP contribution >= 0.6 is 11.3 Å². The molecule has 2 aromatic rings. The van der Waals surface area contributed by atoms with Gasteiger partial charge in [0.2, 0.25) is 5.91 Å². The molecule has 0 bridgehead atoms. The summed E-state index contributed by atoms with van der Waals surface area (Å²) < 4.78 is 0. The standard InChI is InChI=1S/C25H33NO3S/c1-6-21-19-13-25(4,5)10-9-18(19)24(30-21)20(28)8-7-17-11-15(2)23(16(3)12-17)26-22(29)14-27/h11-12,27H,6-10,13-14H2,1-5H3,(H,26,29). The fourth-order valence-electron chi connectivity index (χ4n) is 4.51. The summed E-state index contributed by atoms with van der Waals surface area (Å²) in [7, 11) is 0. The number of fused-ring (bicyclic) bond motifs is 1. The van der Waals surface area contributed by atoms with E-state index < -0.39 is 12.5 Å². The van der Waals surface area contributed by atoms with Gasteiger partial charge in [-0.1, -0.05) is 32.9 Å². The lowest BCUT2D eigenvalue weighted by Crippen LogP contribution is -2.22. The summed E-state index contributed by atoms with van der Waals surface area (Å²) in [4.78, 5) is 27.0. The number of rotatable bonds is 7. The van der Waals surface area contributed by atoms with E-state index in [-0.39, 0.29) is 5.78 Å².